The van der Waals surface area contributed by atoms with E-state index < -0.39 is 4.92 Å². The van der Waals surface area contributed by atoms with Crippen LogP contribution in [0.2, 0.25) is 5.02 Å². The Kier molecular flexibility index (Phi) is 6.05. The lowest BCUT2D eigenvalue weighted by atomic mass is 10.0. The molecule has 0 bridgehead atoms. The van der Waals surface area contributed by atoms with Gasteiger partial charge in [0.1, 0.15) is 12.4 Å². The summed E-state index contributed by atoms with van der Waals surface area (Å²) >= 11 is 5.90. The van der Waals surface area contributed by atoms with Gasteiger partial charge in [-0.05, 0) is 47.5 Å². The van der Waals surface area contributed by atoms with Gasteiger partial charge in [0.25, 0.3) is 5.69 Å². The first kappa shape index (κ1) is 19.2. The molecule has 0 aromatic heterocycles. The Bertz CT molecular complexity index is 1050. The van der Waals surface area contributed by atoms with Crippen LogP contribution in [0, 0.1) is 21.4 Å². The van der Waals surface area contributed by atoms with E-state index in [1.165, 1.54) is 12.1 Å². The number of hydrogen-bond donors (Lipinski definition) is 0. The number of hydrogen-bond acceptors (Lipinski definition) is 4. The molecule has 3 aromatic rings. The molecule has 0 aliphatic carbocycles. The SMILES string of the molecule is N#C/C(=C/c1ccccc1OCc1ccc(Cl)cc1)c1ccc([N+](=O)[O-])cc1. The van der Waals surface area contributed by atoms with Crippen molar-refractivity contribution >= 4 is 28.9 Å². The number of para-hydroxylation sites is 1. The van der Waals surface area contributed by atoms with Crippen molar-refractivity contribution in [2.24, 2.45) is 0 Å². The van der Waals surface area contributed by atoms with Crippen LogP contribution < -0.4 is 4.74 Å². The Morgan fingerprint density at radius 3 is 2.39 bits per heavy atom. The van der Waals surface area contributed by atoms with Gasteiger partial charge in [-0.3, -0.25) is 10.1 Å². The number of nitro groups is 1. The van der Waals surface area contributed by atoms with Gasteiger partial charge in [0.15, 0.2) is 0 Å². The van der Waals surface area contributed by atoms with Crippen molar-refractivity contribution in [1.29, 1.82) is 5.26 Å². The first-order valence-corrected chi connectivity index (χ1v) is 8.77. The second-order valence-corrected chi connectivity index (χ2v) is 6.36. The number of halogens is 1. The molecular weight excluding hydrogens is 376 g/mol. The minimum Gasteiger partial charge on any atom is -0.488 e. The van der Waals surface area contributed by atoms with Crippen LogP contribution >= 0.6 is 11.6 Å². The summed E-state index contributed by atoms with van der Waals surface area (Å²) in [5.74, 6) is 0.632. The molecule has 0 amide bonds. The predicted octanol–water partition coefficient (Wildman–Crippen LogP) is 5.89. The lowest BCUT2D eigenvalue weighted by molar-refractivity contribution is -0.384. The fourth-order valence-electron chi connectivity index (χ4n) is 2.57. The van der Waals surface area contributed by atoms with E-state index in [1.54, 1.807) is 30.3 Å². The lowest BCUT2D eigenvalue weighted by Gasteiger charge is -2.10. The number of benzene rings is 3. The summed E-state index contributed by atoms with van der Waals surface area (Å²) in [4.78, 5) is 10.3. The summed E-state index contributed by atoms with van der Waals surface area (Å²) in [6, 6.07) is 22.8. The number of allylic oxidation sites excluding steroid dienone is 1. The molecule has 0 fully saturated rings. The van der Waals surface area contributed by atoms with Gasteiger partial charge in [0, 0.05) is 22.7 Å². The number of non-ortho nitro benzene ring substituents is 1. The molecule has 6 heteroatoms. The summed E-state index contributed by atoms with van der Waals surface area (Å²) in [5, 5.41) is 21.0. The first-order chi connectivity index (χ1) is 13.6. The molecule has 0 aliphatic heterocycles. The van der Waals surface area contributed by atoms with Crippen LogP contribution in [0.25, 0.3) is 11.6 Å². The fraction of sp³-hybridized carbons (Fsp3) is 0.0455. The zero-order chi connectivity index (χ0) is 19.9. The van der Waals surface area contributed by atoms with Crippen LogP contribution in [0.4, 0.5) is 5.69 Å². The quantitative estimate of drug-likeness (QED) is 0.227. The van der Waals surface area contributed by atoms with Gasteiger partial charge in [-0.1, -0.05) is 41.9 Å². The second-order valence-electron chi connectivity index (χ2n) is 5.93. The molecule has 0 saturated heterocycles. The molecule has 3 aromatic carbocycles. The molecule has 28 heavy (non-hydrogen) atoms. The standard InChI is InChI=1S/C22H15ClN2O3/c23-20-9-5-16(6-10-20)15-28-22-4-2-1-3-18(22)13-19(14-24)17-7-11-21(12-8-17)25(26)27/h1-13H,15H2/b19-13-. The first-order valence-electron chi connectivity index (χ1n) is 8.40. The molecular formula is C22H15ClN2O3. The molecule has 0 unspecified atom stereocenters. The highest BCUT2D eigenvalue weighted by molar-refractivity contribution is 6.30. The zero-order valence-electron chi connectivity index (χ0n) is 14.7. The third kappa shape index (κ3) is 4.76. The molecule has 0 N–H and O–H groups in total. The van der Waals surface area contributed by atoms with Gasteiger partial charge < -0.3 is 4.74 Å². The highest BCUT2D eigenvalue weighted by atomic mass is 35.5. The van der Waals surface area contributed by atoms with Crippen LogP contribution in [0.15, 0.2) is 72.8 Å². The van der Waals surface area contributed by atoms with Gasteiger partial charge in [-0.15, -0.1) is 0 Å². The highest BCUT2D eigenvalue weighted by Gasteiger charge is 2.09. The molecule has 0 saturated carbocycles. The number of nitriles is 1. The molecule has 3 rings (SSSR count). The Hall–Kier alpha value is -3.62. The van der Waals surface area contributed by atoms with Crippen LogP contribution in [0.5, 0.6) is 5.75 Å². The average Bonchev–Trinajstić information content (AvgIpc) is 2.72. The van der Waals surface area contributed by atoms with Crippen molar-refractivity contribution in [3.05, 3.63) is 105 Å². The maximum Gasteiger partial charge on any atom is 0.269 e. The van der Waals surface area contributed by atoms with E-state index in [9.17, 15) is 15.4 Å². The van der Waals surface area contributed by atoms with Crippen molar-refractivity contribution in [3.63, 3.8) is 0 Å². The molecule has 0 radical (unpaired) electrons. The Morgan fingerprint density at radius 2 is 1.75 bits per heavy atom. The molecule has 0 heterocycles. The summed E-state index contributed by atoms with van der Waals surface area (Å²) in [6.07, 6.45) is 1.71. The van der Waals surface area contributed by atoms with Gasteiger partial charge in [-0.25, -0.2) is 0 Å². The third-order valence-corrected chi connectivity index (χ3v) is 4.29. The minimum atomic E-state index is -0.473. The van der Waals surface area contributed by atoms with Gasteiger partial charge >= 0.3 is 0 Å². The number of nitrogens with zero attached hydrogens (tertiary/aromatic N) is 2. The number of rotatable bonds is 6. The minimum absolute atomic E-state index is 0.0206. The van der Waals surface area contributed by atoms with Crippen LogP contribution in [-0.2, 0) is 6.61 Å². The van der Waals surface area contributed by atoms with Gasteiger partial charge in [0.2, 0.25) is 0 Å². The van der Waals surface area contributed by atoms with Crippen molar-refractivity contribution in [1.82, 2.24) is 0 Å². The van der Waals surface area contributed by atoms with Crippen molar-refractivity contribution in [2.75, 3.05) is 0 Å². The lowest BCUT2D eigenvalue weighted by Crippen LogP contribution is -1.97. The van der Waals surface area contributed by atoms with E-state index in [-0.39, 0.29) is 5.69 Å². The van der Waals surface area contributed by atoms with Gasteiger partial charge in [-0.2, -0.15) is 5.26 Å². The second kappa shape index (κ2) is 8.85. The fourth-order valence-corrected chi connectivity index (χ4v) is 2.70. The summed E-state index contributed by atoms with van der Waals surface area (Å²) in [5.41, 5.74) is 2.68. The van der Waals surface area contributed by atoms with Crippen molar-refractivity contribution < 1.29 is 9.66 Å². The van der Waals surface area contributed by atoms with Gasteiger partial charge in [0.05, 0.1) is 16.6 Å². The maximum atomic E-state index is 10.8. The third-order valence-electron chi connectivity index (χ3n) is 4.04. The molecule has 138 valence electrons. The number of nitro benzene ring substituents is 1. The summed E-state index contributed by atoms with van der Waals surface area (Å²) < 4.78 is 5.91. The largest absolute Gasteiger partial charge is 0.488 e. The van der Waals surface area contributed by atoms with E-state index in [4.69, 9.17) is 16.3 Å². The molecule has 0 aliphatic rings. The van der Waals surface area contributed by atoms with E-state index in [2.05, 4.69) is 6.07 Å². The van der Waals surface area contributed by atoms with E-state index in [0.29, 0.717) is 28.5 Å². The molecule has 5 nitrogen and oxygen atoms in total. The van der Waals surface area contributed by atoms with Crippen LogP contribution in [0.3, 0.4) is 0 Å². The maximum absolute atomic E-state index is 10.8. The summed E-state index contributed by atoms with van der Waals surface area (Å²) in [6.45, 7) is 0.363. The normalized spacial score (nSPS) is 10.9. The van der Waals surface area contributed by atoms with Crippen molar-refractivity contribution in [2.45, 2.75) is 6.61 Å². The highest BCUT2D eigenvalue weighted by Crippen LogP contribution is 2.26. The Labute approximate surface area is 167 Å². The number of ether oxygens (including phenoxy) is 1. The Balaban J connectivity index is 1.84. The van der Waals surface area contributed by atoms with Crippen molar-refractivity contribution in [3.8, 4) is 11.8 Å². The molecule has 0 atom stereocenters. The summed E-state index contributed by atoms with van der Waals surface area (Å²) in [7, 11) is 0. The van der Waals surface area contributed by atoms with E-state index in [0.717, 1.165) is 11.1 Å². The molecule has 0 spiro atoms. The monoisotopic (exact) mass is 390 g/mol. The topological polar surface area (TPSA) is 76.2 Å². The van der Waals surface area contributed by atoms with E-state index in [1.807, 2.05) is 36.4 Å². The predicted molar refractivity (Wildman–Crippen MR) is 109 cm³/mol. The van der Waals surface area contributed by atoms with Crippen LogP contribution in [-0.4, -0.2) is 4.92 Å². The zero-order valence-corrected chi connectivity index (χ0v) is 15.5. The van der Waals surface area contributed by atoms with E-state index >= 15 is 0 Å². The van der Waals surface area contributed by atoms with Crippen LogP contribution in [0.1, 0.15) is 16.7 Å². The smallest absolute Gasteiger partial charge is 0.269 e. The Morgan fingerprint density at radius 1 is 1.07 bits per heavy atom. The average molecular weight is 391 g/mol.